The van der Waals surface area contributed by atoms with E-state index in [4.69, 9.17) is 9.47 Å². The second kappa shape index (κ2) is 10.9. The van der Waals surface area contributed by atoms with Crippen LogP contribution in [0.4, 0.5) is 4.79 Å². The molecule has 0 unspecified atom stereocenters. The first-order valence-electron chi connectivity index (χ1n) is 9.65. The van der Waals surface area contributed by atoms with E-state index in [0.29, 0.717) is 25.7 Å². The van der Waals surface area contributed by atoms with Crippen molar-refractivity contribution in [3.8, 4) is 0 Å². The third kappa shape index (κ3) is 9.60. The molecular weight excluding hydrogens is 356 g/mol. The number of hydrogen-bond acceptors (Lipinski definition) is 4. The number of carbonyl (C=O) groups excluding carboxylic acids is 1. The predicted octanol–water partition coefficient (Wildman–Crippen LogP) is 3.19. The number of carbonyl (C=O) groups is 1. The Morgan fingerprint density at radius 3 is 2.29 bits per heavy atom. The molecule has 0 saturated heterocycles. The normalized spacial score (nSPS) is 12.5. The molecule has 0 heterocycles. The predicted molar refractivity (Wildman–Crippen MR) is 113 cm³/mol. The van der Waals surface area contributed by atoms with Crippen LogP contribution < -0.4 is 16.0 Å². The van der Waals surface area contributed by atoms with E-state index < -0.39 is 17.2 Å². The van der Waals surface area contributed by atoms with Gasteiger partial charge >= 0.3 is 6.09 Å². The van der Waals surface area contributed by atoms with Crippen LogP contribution in [0.5, 0.6) is 0 Å². The average Bonchev–Trinajstić information content (AvgIpc) is 2.56. The van der Waals surface area contributed by atoms with Crippen LogP contribution >= 0.6 is 0 Å². The van der Waals surface area contributed by atoms with Crippen LogP contribution in [0.15, 0.2) is 29.3 Å². The lowest BCUT2D eigenvalue weighted by Gasteiger charge is -2.29. The van der Waals surface area contributed by atoms with Gasteiger partial charge in [0, 0.05) is 20.2 Å². The molecule has 0 aliphatic carbocycles. The fourth-order valence-electron chi connectivity index (χ4n) is 2.44. The van der Waals surface area contributed by atoms with Crippen molar-refractivity contribution in [3.05, 3.63) is 35.4 Å². The van der Waals surface area contributed by atoms with Crippen molar-refractivity contribution in [1.82, 2.24) is 16.0 Å². The Labute approximate surface area is 169 Å². The number of guanidine groups is 1. The Morgan fingerprint density at radius 1 is 1.07 bits per heavy atom. The summed E-state index contributed by atoms with van der Waals surface area (Å²) in [6, 6.07) is 8.09. The Hall–Kier alpha value is -2.28. The van der Waals surface area contributed by atoms with Crippen LogP contribution in [-0.4, -0.2) is 43.4 Å². The van der Waals surface area contributed by atoms with Crippen LogP contribution in [0.25, 0.3) is 0 Å². The summed E-state index contributed by atoms with van der Waals surface area (Å²) in [5.74, 6) is 0.689. The molecular formula is C21H36N4O3. The number of methoxy groups -OCH3 is 1. The van der Waals surface area contributed by atoms with Crippen molar-refractivity contribution in [2.24, 2.45) is 4.99 Å². The Bertz CT molecular complexity index is 651. The number of nitrogens with one attached hydrogen (secondary N) is 3. The fourth-order valence-corrected chi connectivity index (χ4v) is 2.44. The molecule has 0 radical (unpaired) electrons. The molecule has 0 fully saturated rings. The van der Waals surface area contributed by atoms with E-state index in [1.165, 1.54) is 0 Å². The Morgan fingerprint density at radius 2 is 1.71 bits per heavy atom. The zero-order valence-corrected chi connectivity index (χ0v) is 18.3. The molecule has 3 N–H and O–H groups in total. The van der Waals surface area contributed by atoms with E-state index in [9.17, 15) is 4.79 Å². The molecule has 1 aromatic carbocycles. The van der Waals surface area contributed by atoms with Crippen LogP contribution in [0.2, 0.25) is 0 Å². The fraction of sp³-hybridized carbons (Fsp3) is 0.619. The number of ether oxygens (including phenoxy) is 2. The van der Waals surface area contributed by atoms with Crippen LogP contribution in [-0.2, 0) is 22.6 Å². The van der Waals surface area contributed by atoms with Gasteiger partial charge in [-0.15, -0.1) is 0 Å². The summed E-state index contributed by atoms with van der Waals surface area (Å²) in [5.41, 5.74) is 1.20. The molecule has 28 heavy (non-hydrogen) atoms. The second-order valence-electron chi connectivity index (χ2n) is 8.26. The van der Waals surface area contributed by atoms with Gasteiger partial charge in [0.1, 0.15) is 5.60 Å². The molecule has 1 rings (SSSR count). The van der Waals surface area contributed by atoms with Crippen molar-refractivity contribution in [3.63, 3.8) is 0 Å². The van der Waals surface area contributed by atoms with Gasteiger partial charge in [-0.05, 0) is 52.7 Å². The third-order valence-corrected chi connectivity index (χ3v) is 3.71. The van der Waals surface area contributed by atoms with Gasteiger partial charge in [0.05, 0.1) is 18.7 Å². The summed E-state index contributed by atoms with van der Waals surface area (Å²) in [4.78, 5) is 16.7. The molecule has 0 aliphatic rings. The monoisotopic (exact) mass is 392 g/mol. The molecule has 0 spiro atoms. The van der Waals surface area contributed by atoms with E-state index in [1.54, 1.807) is 7.11 Å². The van der Waals surface area contributed by atoms with E-state index >= 15 is 0 Å². The Balaban J connectivity index is 2.71. The molecule has 7 heteroatoms. The first kappa shape index (κ1) is 23.8. The number of nitrogens with zero attached hydrogens (tertiary/aromatic N) is 1. The smallest absolute Gasteiger partial charge is 0.408 e. The maximum absolute atomic E-state index is 12.0. The summed E-state index contributed by atoms with van der Waals surface area (Å²) in [6.45, 7) is 13.7. The molecule has 1 aromatic rings. The summed E-state index contributed by atoms with van der Waals surface area (Å²) in [6.07, 6.45) is -0.435. The number of rotatable bonds is 8. The molecule has 1 amide bonds. The minimum absolute atomic E-state index is 0.435. The van der Waals surface area contributed by atoms with Crippen molar-refractivity contribution < 1.29 is 14.3 Å². The minimum Gasteiger partial charge on any atom is -0.444 e. The third-order valence-electron chi connectivity index (χ3n) is 3.71. The zero-order chi connectivity index (χ0) is 21.2. The van der Waals surface area contributed by atoms with Gasteiger partial charge in [0.25, 0.3) is 0 Å². The number of hydrogen-bond donors (Lipinski definition) is 3. The van der Waals surface area contributed by atoms with Gasteiger partial charge < -0.3 is 25.4 Å². The summed E-state index contributed by atoms with van der Waals surface area (Å²) in [7, 11) is 1.69. The highest BCUT2D eigenvalue weighted by molar-refractivity contribution is 5.80. The van der Waals surface area contributed by atoms with Gasteiger partial charge in [-0.1, -0.05) is 24.3 Å². The highest BCUT2D eigenvalue weighted by Gasteiger charge is 2.24. The first-order chi connectivity index (χ1) is 13.1. The van der Waals surface area contributed by atoms with Gasteiger partial charge in [-0.3, -0.25) is 0 Å². The SMILES string of the molecule is CCNC(=NCc1ccccc1COC)NCC(C)(C)NC(=O)OC(C)(C)C. The lowest BCUT2D eigenvalue weighted by Crippen LogP contribution is -2.54. The number of alkyl carbamates (subject to hydrolysis) is 1. The highest BCUT2D eigenvalue weighted by atomic mass is 16.6. The van der Waals surface area contributed by atoms with Gasteiger partial charge in [-0.2, -0.15) is 0 Å². The van der Waals surface area contributed by atoms with Crippen LogP contribution in [0.3, 0.4) is 0 Å². The topological polar surface area (TPSA) is 84.0 Å². The van der Waals surface area contributed by atoms with E-state index in [-0.39, 0.29) is 0 Å². The second-order valence-corrected chi connectivity index (χ2v) is 8.26. The van der Waals surface area contributed by atoms with Crippen LogP contribution in [0.1, 0.15) is 52.7 Å². The quantitative estimate of drug-likeness (QED) is 0.467. The molecule has 0 aliphatic heterocycles. The molecule has 0 bridgehead atoms. The number of benzene rings is 1. The number of amides is 1. The molecule has 0 aromatic heterocycles. The first-order valence-corrected chi connectivity index (χ1v) is 9.65. The van der Waals surface area contributed by atoms with E-state index in [0.717, 1.165) is 17.7 Å². The molecule has 0 saturated carbocycles. The van der Waals surface area contributed by atoms with Gasteiger partial charge in [0.2, 0.25) is 0 Å². The lowest BCUT2D eigenvalue weighted by atomic mass is 10.1. The van der Waals surface area contributed by atoms with Crippen LogP contribution in [0, 0.1) is 0 Å². The molecule has 158 valence electrons. The largest absolute Gasteiger partial charge is 0.444 e. The summed E-state index contributed by atoms with van der Waals surface area (Å²) < 4.78 is 10.6. The summed E-state index contributed by atoms with van der Waals surface area (Å²) >= 11 is 0. The maximum Gasteiger partial charge on any atom is 0.408 e. The van der Waals surface area contributed by atoms with Gasteiger partial charge in [0.15, 0.2) is 5.96 Å². The average molecular weight is 393 g/mol. The maximum atomic E-state index is 12.0. The van der Waals surface area contributed by atoms with Crippen molar-refractivity contribution >= 4 is 12.1 Å². The molecule has 7 nitrogen and oxygen atoms in total. The standard InChI is InChI=1S/C21H36N4O3/c1-8-22-18(23-13-16-11-9-10-12-17(16)14-27-7)24-15-21(5,6)25-19(26)28-20(2,3)4/h9-12H,8,13-15H2,1-7H3,(H,25,26)(H2,22,23,24). The van der Waals surface area contributed by atoms with Crippen molar-refractivity contribution in [2.45, 2.75) is 65.8 Å². The van der Waals surface area contributed by atoms with Crippen molar-refractivity contribution in [1.29, 1.82) is 0 Å². The zero-order valence-electron chi connectivity index (χ0n) is 18.3. The molecule has 0 atom stereocenters. The van der Waals surface area contributed by atoms with E-state index in [1.807, 2.05) is 59.7 Å². The minimum atomic E-state index is -0.528. The number of aliphatic imine (C=N–C) groups is 1. The van der Waals surface area contributed by atoms with E-state index in [2.05, 4.69) is 27.0 Å². The van der Waals surface area contributed by atoms with Gasteiger partial charge in [-0.25, -0.2) is 9.79 Å². The van der Waals surface area contributed by atoms with Crippen molar-refractivity contribution in [2.75, 3.05) is 20.2 Å². The summed E-state index contributed by atoms with van der Waals surface area (Å²) in [5, 5.41) is 9.41. The highest BCUT2D eigenvalue weighted by Crippen LogP contribution is 2.11. The lowest BCUT2D eigenvalue weighted by molar-refractivity contribution is 0.0474. The Kier molecular flexibility index (Phi) is 9.25.